The third-order valence-electron chi connectivity index (χ3n) is 3.33. The van der Waals surface area contributed by atoms with Crippen LogP contribution in [0.15, 0.2) is 48.9 Å². The van der Waals surface area contributed by atoms with Gasteiger partial charge in [0.15, 0.2) is 0 Å². The van der Waals surface area contributed by atoms with Crippen molar-refractivity contribution in [2.75, 3.05) is 0 Å². The summed E-state index contributed by atoms with van der Waals surface area (Å²) in [5.41, 5.74) is 3.48. The van der Waals surface area contributed by atoms with Gasteiger partial charge in [0.2, 0.25) is 0 Å². The minimum Gasteiger partial charge on any atom is -0.478 e. The number of carbonyl (C=O) groups is 1. The van der Waals surface area contributed by atoms with Crippen molar-refractivity contribution in [1.29, 1.82) is 0 Å². The molecule has 0 amide bonds. The Morgan fingerprint density at radius 3 is 2.90 bits per heavy atom. The first-order valence-corrected chi connectivity index (χ1v) is 6.37. The molecule has 0 aliphatic carbocycles. The van der Waals surface area contributed by atoms with E-state index in [1.807, 2.05) is 42.2 Å². The van der Waals surface area contributed by atoms with Gasteiger partial charge in [-0.05, 0) is 36.2 Å². The molecule has 3 aromatic rings. The molecular weight excluding hydrogens is 252 g/mol. The molecule has 100 valence electrons. The Labute approximate surface area is 116 Å². The van der Waals surface area contributed by atoms with E-state index in [-0.39, 0.29) is 0 Å². The molecule has 3 rings (SSSR count). The lowest BCUT2D eigenvalue weighted by molar-refractivity contribution is 0.0699. The molecule has 4 heteroatoms. The molecule has 1 N–H and O–H groups in total. The summed E-state index contributed by atoms with van der Waals surface area (Å²) in [6, 6.07) is 9.27. The highest BCUT2D eigenvalue weighted by atomic mass is 16.4. The van der Waals surface area contributed by atoms with Gasteiger partial charge in [-0.3, -0.25) is 4.98 Å². The second-order valence-corrected chi connectivity index (χ2v) is 4.86. The van der Waals surface area contributed by atoms with Crippen molar-refractivity contribution in [3.8, 4) is 0 Å². The number of nitrogens with zero attached hydrogens (tertiary/aromatic N) is 2. The van der Waals surface area contributed by atoms with E-state index in [1.165, 1.54) is 0 Å². The van der Waals surface area contributed by atoms with Gasteiger partial charge >= 0.3 is 5.97 Å². The molecule has 0 aliphatic heterocycles. The average molecular weight is 266 g/mol. The summed E-state index contributed by atoms with van der Waals surface area (Å²) in [4.78, 5) is 15.4. The Morgan fingerprint density at radius 2 is 2.15 bits per heavy atom. The lowest BCUT2D eigenvalue weighted by Gasteiger charge is -2.06. The Morgan fingerprint density at radius 1 is 1.30 bits per heavy atom. The average Bonchev–Trinajstić information content (AvgIpc) is 2.82. The van der Waals surface area contributed by atoms with Gasteiger partial charge in [0.05, 0.1) is 5.56 Å². The number of hydrogen-bond donors (Lipinski definition) is 1. The molecule has 2 aromatic heterocycles. The zero-order chi connectivity index (χ0) is 14.1. The van der Waals surface area contributed by atoms with Crippen LogP contribution >= 0.6 is 0 Å². The number of benzene rings is 1. The molecule has 0 unspecified atom stereocenters. The van der Waals surface area contributed by atoms with Crippen molar-refractivity contribution in [2.24, 2.45) is 0 Å². The highest BCUT2D eigenvalue weighted by Gasteiger charge is 2.10. The molecule has 0 atom stereocenters. The smallest absolute Gasteiger partial charge is 0.336 e. The summed E-state index contributed by atoms with van der Waals surface area (Å²) < 4.78 is 2.04. The number of aryl methyl sites for hydroxylation is 1. The van der Waals surface area contributed by atoms with Crippen molar-refractivity contribution < 1.29 is 9.90 Å². The zero-order valence-electron chi connectivity index (χ0n) is 11.1. The van der Waals surface area contributed by atoms with Crippen LogP contribution < -0.4 is 0 Å². The molecule has 0 saturated heterocycles. The van der Waals surface area contributed by atoms with Gasteiger partial charge in [0.1, 0.15) is 0 Å². The number of pyridine rings is 1. The first-order valence-electron chi connectivity index (χ1n) is 6.37. The van der Waals surface area contributed by atoms with Crippen LogP contribution in [0.25, 0.3) is 10.9 Å². The highest BCUT2D eigenvalue weighted by Crippen LogP contribution is 2.21. The largest absolute Gasteiger partial charge is 0.478 e. The summed E-state index contributed by atoms with van der Waals surface area (Å²) in [7, 11) is 0. The molecule has 1 aromatic carbocycles. The van der Waals surface area contributed by atoms with E-state index in [0.717, 1.165) is 22.0 Å². The molecule has 0 fully saturated rings. The lowest BCUT2D eigenvalue weighted by Crippen LogP contribution is -2.00. The third kappa shape index (κ3) is 2.16. The van der Waals surface area contributed by atoms with E-state index in [0.29, 0.717) is 12.1 Å². The summed E-state index contributed by atoms with van der Waals surface area (Å²) in [6.07, 6.45) is 5.57. The molecule has 0 aliphatic rings. The van der Waals surface area contributed by atoms with Crippen LogP contribution in [-0.4, -0.2) is 20.6 Å². The van der Waals surface area contributed by atoms with Gasteiger partial charge in [-0.1, -0.05) is 12.1 Å². The van der Waals surface area contributed by atoms with E-state index >= 15 is 0 Å². The minimum atomic E-state index is -0.898. The molecule has 0 saturated carbocycles. The number of carboxylic acid groups (broad SMARTS) is 1. The van der Waals surface area contributed by atoms with Crippen LogP contribution in [0.4, 0.5) is 0 Å². The fraction of sp³-hybridized carbons (Fsp3) is 0.125. The fourth-order valence-electron chi connectivity index (χ4n) is 2.45. The highest BCUT2D eigenvalue weighted by molar-refractivity contribution is 6.02. The first-order chi connectivity index (χ1) is 9.65. The van der Waals surface area contributed by atoms with Crippen molar-refractivity contribution in [2.45, 2.75) is 13.5 Å². The van der Waals surface area contributed by atoms with Crippen LogP contribution in [-0.2, 0) is 6.54 Å². The number of rotatable bonds is 3. The number of fused-ring (bicyclic) bond motifs is 1. The molecule has 4 nitrogen and oxygen atoms in total. The maximum Gasteiger partial charge on any atom is 0.336 e. The topological polar surface area (TPSA) is 55.1 Å². The van der Waals surface area contributed by atoms with E-state index in [4.69, 9.17) is 0 Å². The van der Waals surface area contributed by atoms with Crippen LogP contribution in [0.2, 0.25) is 0 Å². The van der Waals surface area contributed by atoms with E-state index in [2.05, 4.69) is 11.1 Å². The Balaban J connectivity index is 2.05. The number of aromatic carboxylic acids is 1. The standard InChI is InChI=1S/C16H14N2O2/c1-11-7-12(9-17-8-11)10-18-6-5-13-14(16(19)20)3-2-4-15(13)18/h2-9H,10H2,1H3,(H,19,20). The van der Waals surface area contributed by atoms with Crippen molar-refractivity contribution in [3.05, 3.63) is 65.6 Å². The molecule has 0 bridgehead atoms. The maximum absolute atomic E-state index is 11.2. The van der Waals surface area contributed by atoms with Gasteiger partial charge in [-0.15, -0.1) is 0 Å². The number of carboxylic acids is 1. The Hall–Kier alpha value is -2.62. The Bertz CT molecular complexity index is 790. The minimum absolute atomic E-state index is 0.337. The van der Waals surface area contributed by atoms with Crippen LogP contribution in [0.5, 0.6) is 0 Å². The lowest BCUT2D eigenvalue weighted by atomic mass is 10.1. The van der Waals surface area contributed by atoms with Crippen molar-refractivity contribution in [3.63, 3.8) is 0 Å². The first kappa shape index (κ1) is 12.4. The second kappa shape index (κ2) is 4.81. The summed E-state index contributed by atoms with van der Waals surface area (Å²) in [6.45, 7) is 2.69. The third-order valence-corrected chi connectivity index (χ3v) is 3.33. The molecule has 2 heterocycles. The summed E-state index contributed by atoms with van der Waals surface area (Å²) in [5.74, 6) is -0.898. The predicted molar refractivity (Wildman–Crippen MR) is 77.0 cm³/mol. The van der Waals surface area contributed by atoms with E-state index in [9.17, 15) is 9.90 Å². The van der Waals surface area contributed by atoms with Crippen LogP contribution in [0.3, 0.4) is 0 Å². The molecule has 0 radical (unpaired) electrons. The van der Waals surface area contributed by atoms with Crippen molar-refractivity contribution >= 4 is 16.9 Å². The second-order valence-electron chi connectivity index (χ2n) is 4.86. The normalized spacial score (nSPS) is 10.8. The Kier molecular flexibility index (Phi) is 2.99. The van der Waals surface area contributed by atoms with Gasteiger partial charge < -0.3 is 9.67 Å². The van der Waals surface area contributed by atoms with E-state index < -0.39 is 5.97 Å². The van der Waals surface area contributed by atoms with E-state index in [1.54, 1.807) is 12.1 Å². The summed E-state index contributed by atoms with van der Waals surface area (Å²) in [5, 5.41) is 9.96. The molecule has 0 spiro atoms. The summed E-state index contributed by atoms with van der Waals surface area (Å²) >= 11 is 0. The maximum atomic E-state index is 11.2. The van der Waals surface area contributed by atoms with Gasteiger partial charge in [-0.25, -0.2) is 4.79 Å². The zero-order valence-corrected chi connectivity index (χ0v) is 11.1. The fourth-order valence-corrected chi connectivity index (χ4v) is 2.45. The number of aromatic nitrogens is 2. The monoisotopic (exact) mass is 266 g/mol. The quantitative estimate of drug-likeness (QED) is 0.792. The predicted octanol–water partition coefficient (Wildman–Crippen LogP) is 3.09. The molecule has 20 heavy (non-hydrogen) atoms. The van der Waals surface area contributed by atoms with Crippen molar-refractivity contribution in [1.82, 2.24) is 9.55 Å². The molecular formula is C16H14N2O2. The number of hydrogen-bond acceptors (Lipinski definition) is 2. The van der Waals surface area contributed by atoms with Gasteiger partial charge in [0.25, 0.3) is 0 Å². The van der Waals surface area contributed by atoms with Gasteiger partial charge in [-0.2, -0.15) is 0 Å². The van der Waals surface area contributed by atoms with Crippen LogP contribution in [0, 0.1) is 6.92 Å². The van der Waals surface area contributed by atoms with Crippen LogP contribution in [0.1, 0.15) is 21.5 Å². The SMILES string of the molecule is Cc1cncc(Cn2ccc3c(C(=O)O)cccc32)c1. The van der Waals surface area contributed by atoms with Gasteiger partial charge in [0, 0.05) is 36.0 Å².